The molecular formula is C20H18F11NS2. The van der Waals surface area contributed by atoms with Crippen molar-refractivity contribution in [2.45, 2.75) is 36.0 Å². The summed E-state index contributed by atoms with van der Waals surface area (Å²) in [6.07, 6.45) is -10.0. The molecular weight excluding hydrogens is 527 g/mol. The van der Waals surface area contributed by atoms with Gasteiger partial charge in [0, 0.05) is 27.4 Å². The number of alkyl halides is 6. The second-order valence-electron chi connectivity index (χ2n) is 8.01. The third-order valence-electron chi connectivity index (χ3n) is 4.55. The summed E-state index contributed by atoms with van der Waals surface area (Å²) in [6.45, 7) is 6.58. The number of benzene rings is 2. The molecule has 0 aliphatic carbocycles. The van der Waals surface area contributed by atoms with Crippen molar-refractivity contribution < 1.29 is 45.8 Å². The van der Waals surface area contributed by atoms with Gasteiger partial charge in [-0.25, -0.2) is 0 Å². The molecule has 34 heavy (non-hydrogen) atoms. The van der Waals surface area contributed by atoms with E-state index in [9.17, 15) is 45.8 Å². The summed E-state index contributed by atoms with van der Waals surface area (Å²) in [6, 6.07) is 3.31. The van der Waals surface area contributed by atoms with Gasteiger partial charge in [0.15, 0.2) is 0 Å². The maximum absolute atomic E-state index is 13.0. The lowest BCUT2D eigenvalue weighted by Crippen LogP contribution is -2.23. The molecule has 0 saturated heterocycles. The highest BCUT2D eigenvalue weighted by Crippen LogP contribution is 3.02. The van der Waals surface area contributed by atoms with Crippen LogP contribution in [0, 0.1) is 5.41 Å². The van der Waals surface area contributed by atoms with Gasteiger partial charge in [0.25, 0.3) is 0 Å². The van der Waals surface area contributed by atoms with Gasteiger partial charge < -0.3 is 5.32 Å². The summed E-state index contributed by atoms with van der Waals surface area (Å²) < 4.78 is 143. The molecule has 0 atom stereocenters. The van der Waals surface area contributed by atoms with E-state index in [1.165, 1.54) is 13.8 Å². The third-order valence-corrected chi connectivity index (χ3v) is 7.13. The van der Waals surface area contributed by atoms with E-state index < -0.39 is 44.0 Å². The van der Waals surface area contributed by atoms with E-state index in [1.54, 1.807) is 0 Å². The summed E-state index contributed by atoms with van der Waals surface area (Å²) in [5.41, 5.74) is -4.45. The fraction of sp³-hybridized carbons (Fsp3) is 0.300. The number of thioether (sulfide) groups is 1. The van der Waals surface area contributed by atoms with Crippen molar-refractivity contribution >= 4 is 27.7 Å². The van der Waals surface area contributed by atoms with Gasteiger partial charge in [0.2, 0.25) is 0 Å². The maximum Gasteiger partial charge on any atom is 0.416 e. The molecule has 0 amide bonds. The van der Waals surface area contributed by atoms with Crippen LogP contribution in [0.1, 0.15) is 25.0 Å². The Balaban J connectivity index is 2.24. The standard InChI is InChI=1S/C20H18F11NS2/c1-12(32-15-5-4-6-17(10-15)34(27,28,29,30)31)18(2,3)11-33-16-8-13(19(21,22)23)7-14(9-16)20(24,25)26/h4-10,32H,1,11H2,2-3H3. The smallest absolute Gasteiger partial charge is 0.359 e. The molecule has 14 heteroatoms. The molecule has 1 nitrogen and oxygen atoms in total. The summed E-state index contributed by atoms with van der Waals surface area (Å²) in [5.74, 6) is -0.140. The van der Waals surface area contributed by atoms with Gasteiger partial charge in [-0.1, -0.05) is 45.9 Å². The van der Waals surface area contributed by atoms with Crippen LogP contribution in [0.4, 0.5) is 51.5 Å². The first-order valence-electron chi connectivity index (χ1n) is 9.11. The number of anilines is 1. The Hall–Kier alpha value is -2.09. The first kappa shape index (κ1) is 28.1. The molecule has 0 radical (unpaired) electrons. The van der Waals surface area contributed by atoms with Crippen LogP contribution in [0.5, 0.6) is 0 Å². The largest absolute Gasteiger partial charge is 0.416 e. The van der Waals surface area contributed by atoms with Gasteiger partial charge >= 0.3 is 22.6 Å². The fourth-order valence-electron chi connectivity index (χ4n) is 2.52. The molecule has 0 saturated carbocycles. The summed E-state index contributed by atoms with van der Waals surface area (Å²) in [5, 5.41) is 2.45. The van der Waals surface area contributed by atoms with Crippen molar-refractivity contribution in [1.82, 2.24) is 0 Å². The average molecular weight is 545 g/mol. The summed E-state index contributed by atoms with van der Waals surface area (Å²) >= 11 is 0.638. The van der Waals surface area contributed by atoms with Crippen molar-refractivity contribution in [3.8, 4) is 0 Å². The molecule has 0 aliphatic rings. The molecule has 0 aromatic heterocycles. The van der Waals surface area contributed by atoms with Crippen LogP contribution >= 0.6 is 22.0 Å². The third kappa shape index (κ3) is 7.45. The highest BCUT2D eigenvalue weighted by molar-refractivity contribution is 8.45. The predicted octanol–water partition coefficient (Wildman–Crippen LogP) is 10.1. The molecule has 2 aromatic rings. The van der Waals surface area contributed by atoms with Gasteiger partial charge in [-0.2, -0.15) is 26.3 Å². The fourth-order valence-corrected chi connectivity index (χ4v) is 4.33. The second-order valence-corrected chi connectivity index (χ2v) is 11.5. The Morgan fingerprint density at radius 3 is 1.79 bits per heavy atom. The van der Waals surface area contributed by atoms with E-state index in [1.807, 2.05) is 0 Å². The molecule has 0 unspecified atom stereocenters. The molecule has 2 rings (SSSR count). The van der Waals surface area contributed by atoms with Gasteiger partial charge in [0.05, 0.1) is 11.1 Å². The monoisotopic (exact) mass is 545 g/mol. The number of halogens is 11. The first-order chi connectivity index (χ1) is 14.9. The molecule has 1 N–H and O–H groups in total. The molecule has 2 aromatic carbocycles. The summed E-state index contributed by atoms with van der Waals surface area (Å²) in [7, 11) is -9.94. The van der Waals surface area contributed by atoms with Gasteiger partial charge in [0.1, 0.15) is 4.90 Å². The van der Waals surface area contributed by atoms with Crippen LogP contribution in [-0.4, -0.2) is 5.75 Å². The highest BCUT2D eigenvalue weighted by Gasteiger charge is 2.65. The van der Waals surface area contributed by atoms with Crippen LogP contribution in [0.3, 0.4) is 0 Å². The Morgan fingerprint density at radius 2 is 1.35 bits per heavy atom. The Kier molecular flexibility index (Phi) is 6.60. The van der Waals surface area contributed by atoms with E-state index in [0.717, 1.165) is 12.1 Å². The van der Waals surface area contributed by atoms with Gasteiger partial charge in [-0.05, 0) is 36.4 Å². The zero-order chi connectivity index (χ0) is 26.4. The minimum absolute atomic E-state index is 0.00216. The summed E-state index contributed by atoms with van der Waals surface area (Å²) in [4.78, 5) is -2.47. The van der Waals surface area contributed by atoms with Crippen molar-refractivity contribution in [3.63, 3.8) is 0 Å². The van der Waals surface area contributed by atoms with Crippen LogP contribution in [0.25, 0.3) is 0 Å². The lowest BCUT2D eigenvalue weighted by molar-refractivity contribution is -0.143. The predicted molar refractivity (Wildman–Crippen MR) is 112 cm³/mol. The van der Waals surface area contributed by atoms with Crippen LogP contribution in [0.15, 0.2) is 64.5 Å². The van der Waals surface area contributed by atoms with E-state index in [4.69, 9.17) is 0 Å². The Morgan fingerprint density at radius 1 is 0.853 bits per heavy atom. The topological polar surface area (TPSA) is 12.0 Å². The number of hydrogen-bond donors (Lipinski definition) is 1. The van der Waals surface area contributed by atoms with E-state index in [-0.39, 0.29) is 40.2 Å². The van der Waals surface area contributed by atoms with Crippen molar-refractivity contribution in [2.24, 2.45) is 5.41 Å². The van der Waals surface area contributed by atoms with Gasteiger partial charge in [-0.3, -0.25) is 0 Å². The molecule has 0 aliphatic heterocycles. The normalized spacial score (nSPS) is 15.4. The van der Waals surface area contributed by atoms with Gasteiger partial charge in [-0.15, -0.1) is 11.8 Å². The van der Waals surface area contributed by atoms with Crippen LogP contribution < -0.4 is 5.32 Å². The molecule has 0 fully saturated rings. The number of hydrogen-bond acceptors (Lipinski definition) is 2. The highest BCUT2D eigenvalue weighted by atomic mass is 32.5. The van der Waals surface area contributed by atoms with Crippen LogP contribution in [-0.2, 0) is 12.4 Å². The van der Waals surface area contributed by atoms with Crippen LogP contribution in [0.2, 0.25) is 0 Å². The minimum atomic E-state index is -9.94. The van der Waals surface area contributed by atoms with E-state index in [2.05, 4.69) is 11.9 Å². The SMILES string of the molecule is C=C(Nc1cccc(S(F)(F)(F)(F)F)c1)C(C)(C)CSc1cc(C(F)(F)F)cc(C(F)(F)F)c1. The lowest BCUT2D eigenvalue weighted by atomic mass is 9.92. The van der Waals surface area contributed by atoms with E-state index in [0.29, 0.717) is 23.9 Å². The first-order valence-corrected chi connectivity index (χ1v) is 12.0. The number of nitrogens with one attached hydrogen (secondary N) is 1. The van der Waals surface area contributed by atoms with Crippen molar-refractivity contribution in [2.75, 3.05) is 11.1 Å². The Bertz CT molecular complexity index is 1050. The lowest BCUT2D eigenvalue weighted by Gasteiger charge is -2.40. The number of allylic oxidation sites excluding steroid dienone is 1. The van der Waals surface area contributed by atoms with E-state index >= 15 is 0 Å². The average Bonchev–Trinajstić information content (AvgIpc) is 2.63. The molecule has 192 valence electrons. The molecule has 0 bridgehead atoms. The maximum atomic E-state index is 13.0. The number of rotatable bonds is 7. The van der Waals surface area contributed by atoms with Crippen molar-refractivity contribution in [3.05, 3.63) is 65.9 Å². The molecule has 0 heterocycles. The minimum Gasteiger partial charge on any atom is -0.359 e. The zero-order valence-corrected chi connectivity index (χ0v) is 19.1. The zero-order valence-electron chi connectivity index (χ0n) is 17.4. The second kappa shape index (κ2) is 7.97. The Labute approximate surface area is 192 Å². The van der Waals surface area contributed by atoms with Crippen molar-refractivity contribution in [1.29, 1.82) is 0 Å². The quantitative estimate of drug-likeness (QED) is 0.274. The molecule has 0 spiro atoms.